The molecule has 0 bridgehead atoms. The summed E-state index contributed by atoms with van der Waals surface area (Å²) in [6.45, 7) is 6.02. The predicted octanol–water partition coefficient (Wildman–Crippen LogP) is 8.09. The van der Waals surface area contributed by atoms with Gasteiger partial charge in [0.15, 0.2) is 0 Å². The van der Waals surface area contributed by atoms with Crippen molar-refractivity contribution in [2.45, 2.75) is 135 Å². The second-order valence-electron chi connectivity index (χ2n) is 9.58. The SMILES string of the molecule is [CH2]C(C=O)CCCCCCCC(C=O)CCCCCCCC(C=O)CCCCCCC. The third-order valence-electron chi connectivity index (χ3n) is 6.56. The van der Waals surface area contributed by atoms with Gasteiger partial charge in [-0.3, -0.25) is 0 Å². The normalized spacial score (nSPS) is 14.1. The highest BCUT2D eigenvalue weighted by atomic mass is 16.1. The lowest BCUT2D eigenvalue weighted by Gasteiger charge is -2.11. The predicted molar refractivity (Wildman–Crippen MR) is 132 cm³/mol. The van der Waals surface area contributed by atoms with Crippen LogP contribution in [0.25, 0.3) is 0 Å². The van der Waals surface area contributed by atoms with Gasteiger partial charge in [-0.05, 0) is 39.0 Å². The van der Waals surface area contributed by atoms with Gasteiger partial charge in [0.25, 0.3) is 0 Å². The summed E-state index contributed by atoms with van der Waals surface area (Å²) in [7, 11) is 0. The maximum absolute atomic E-state index is 11.3. The lowest BCUT2D eigenvalue weighted by molar-refractivity contribution is -0.112. The molecule has 0 aromatic carbocycles. The minimum Gasteiger partial charge on any atom is -0.303 e. The Kier molecular flexibility index (Phi) is 22.9. The van der Waals surface area contributed by atoms with Crippen molar-refractivity contribution >= 4 is 18.9 Å². The van der Waals surface area contributed by atoms with Crippen LogP contribution in [-0.2, 0) is 14.4 Å². The quantitative estimate of drug-likeness (QED) is 0.107. The number of hydrogen-bond acceptors (Lipinski definition) is 3. The fourth-order valence-corrected chi connectivity index (χ4v) is 4.33. The molecular formula is C28H51O3. The Morgan fingerprint density at radius 3 is 1.13 bits per heavy atom. The zero-order valence-electron chi connectivity index (χ0n) is 20.5. The third-order valence-corrected chi connectivity index (χ3v) is 6.56. The topological polar surface area (TPSA) is 51.2 Å². The first kappa shape index (κ1) is 30.0. The number of carbonyl (C=O) groups is 3. The zero-order valence-corrected chi connectivity index (χ0v) is 20.5. The molecule has 0 heterocycles. The van der Waals surface area contributed by atoms with Crippen molar-refractivity contribution in [3.05, 3.63) is 6.92 Å². The lowest BCUT2D eigenvalue weighted by atomic mass is 9.94. The maximum atomic E-state index is 11.3. The molecule has 181 valence electrons. The van der Waals surface area contributed by atoms with Crippen molar-refractivity contribution in [3.8, 4) is 0 Å². The molecular weight excluding hydrogens is 384 g/mol. The summed E-state index contributed by atoms with van der Waals surface area (Å²) in [5.74, 6) is 0.448. The van der Waals surface area contributed by atoms with E-state index in [2.05, 4.69) is 13.8 Å². The Morgan fingerprint density at radius 2 is 0.806 bits per heavy atom. The van der Waals surface area contributed by atoms with E-state index in [0.717, 1.165) is 76.8 Å². The number of carbonyl (C=O) groups excluding carboxylic acids is 3. The fourth-order valence-electron chi connectivity index (χ4n) is 4.33. The molecule has 3 atom stereocenters. The van der Waals surface area contributed by atoms with Crippen LogP contribution >= 0.6 is 0 Å². The zero-order chi connectivity index (χ0) is 23.0. The van der Waals surface area contributed by atoms with E-state index >= 15 is 0 Å². The second-order valence-corrected chi connectivity index (χ2v) is 9.58. The van der Waals surface area contributed by atoms with Crippen molar-refractivity contribution in [2.24, 2.45) is 17.8 Å². The van der Waals surface area contributed by atoms with Crippen LogP contribution in [0, 0.1) is 24.7 Å². The van der Waals surface area contributed by atoms with Crippen LogP contribution < -0.4 is 0 Å². The van der Waals surface area contributed by atoms with Crippen molar-refractivity contribution in [1.82, 2.24) is 0 Å². The van der Waals surface area contributed by atoms with Gasteiger partial charge in [0.05, 0.1) is 0 Å². The van der Waals surface area contributed by atoms with Crippen LogP contribution in [-0.4, -0.2) is 18.9 Å². The highest BCUT2D eigenvalue weighted by Crippen LogP contribution is 2.20. The Labute approximate surface area is 193 Å². The van der Waals surface area contributed by atoms with Gasteiger partial charge >= 0.3 is 0 Å². The van der Waals surface area contributed by atoms with Crippen molar-refractivity contribution in [1.29, 1.82) is 0 Å². The van der Waals surface area contributed by atoms with Gasteiger partial charge in [-0.2, -0.15) is 0 Å². The summed E-state index contributed by atoms with van der Waals surface area (Å²) in [5, 5.41) is 0. The van der Waals surface area contributed by atoms with Gasteiger partial charge in [-0.25, -0.2) is 0 Å². The van der Waals surface area contributed by atoms with E-state index in [9.17, 15) is 14.4 Å². The van der Waals surface area contributed by atoms with E-state index in [0.29, 0.717) is 0 Å². The summed E-state index contributed by atoms with van der Waals surface area (Å²) in [5.41, 5.74) is 0. The Hall–Kier alpha value is -0.990. The van der Waals surface area contributed by atoms with Crippen molar-refractivity contribution in [2.75, 3.05) is 0 Å². The van der Waals surface area contributed by atoms with Crippen LogP contribution in [0.4, 0.5) is 0 Å². The second kappa shape index (κ2) is 23.7. The van der Waals surface area contributed by atoms with E-state index in [1.807, 2.05) is 0 Å². The largest absolute Gasteiger partial charge is 0.303 e. The summed E-state index contributed by atoms with van der Waals surface area (Å²) in [6, 6.07) is 0. The van der Waals surface area contributed by atoms with Crippen LogP contribution in [0.1, 0.15) is 135 Å². The number of unbranched alkanes of at least 4 members (excludes halogenated alkanes) is 12. The van der Waals surface area contributed by atoms with E-state index in [1.165, 1.54) is 70.5 Å². The molecule has 0 aromatic rings. The molecule has 1 radical (unpaired) electrons. The van der Waals surface area contributed by atoms with Gasteiger partial charge in [0.1, 0.15) is 18.9 Å². The molecule has 0 fully saturated rings. The maximum Gasteiger partial charge on any atom is 0.123 e. The third kappa shape index (κ3) is 20.7. The average molecular weight is 436 g/mol. The van der Waals surface area contributed by atoms with Crippen molar-refractivity contribution < 1.29 is 14.4 Å². The number of hydrogen-bond donors (Lipinski definition) is 0. The van der Waals surface area contributed by atoms with Gasteiger partial charge in [-0.1, -0.05) is 103 Å². The van der Waals surface area contributed by atoms with Crippen molar-refractivity contribution in [3.63, 3.8) is 0 Å². The van der Waals surface area contributed by atoms with E-state index < -0.39 is 0 Å². The molecule has 0 saturated heterocycles. The van der Waals surface area contributed by atoms with Crippen LogP contribution in [0.3, 0.4) is 0 Å². The van der Waals surface area contributed by atoms with Crippen LogP contribution in [0.2, 0.25) is 0 Å². The Morgan fingerprint density at radius 1 is 0.484 bits per heavy atom. The average Bonchev–Trinajstić information content (AvgIpc) is 2.79. The Balaban J connectivity index is 3.54. The highest BCUT2D eigenvalue weighted by Gasteiger charge is 2.08. The molecule has 0 aliphatic rings. The molecule has 0 aliphatic heterocycles. The highest BCUT2D eigenvalue weighted by molar-refractivity contribution is 5.54. The molecule has 0 aliphatic carbocycles. The van der Waals surface area contributed by atoms with E-state index in [-0.39, 0.29) is 17.8 Å². The Bertz CT molecular complexity index is 407. The van der Waals surface area contributed by atoms with Gasteiger partial charge in [0, 0.05) is 17.8 Å². The van der Waals surface area contributed by atoms with Gasteiger partial charge in [0.2, 0.25) is 0 Å². The first-order valence-corrected chi connectivity index (χ1v) is 13.4. The summed E-state index contributed by atoms with van der Waals surface area (Å²) in [6.07, 6.45) is 26.4. The summed E-state index contributed by atoms with van der Waals surface area (Å²) < 4.78 is 0. The smallest absolute Gasteiger partial charge is 0.123 e. The van der Waals surface area contributed by atoms with Crippen LogP contribution in [0.5, 0.6) is 0 Å². The van der Waals surface area contributed by atoms with E-state index in [1.54, 1.807) is 0 Å². The first-order valence-electron chi connectivity index (χ1n) is 13.4. The van der Waals surface area contributed by atoms with Crippen LogP contribution in [0.15, 0.2) is 0 Å². The molecule has 0 aromatic heterocycles. The van der Waals surface area contributed by atoms with Gasteiger partial charge < -0.3 is 14.4 Å². The molecule has 3 nitrogen and oxygen atoms in total. The van der Waals surface area contributed by atoms with Gasteiger partial charge in [-0.15, -0.1) is 0 Å². The molecule has 0 rings (SSSR count). The summed E-state index contributed by atoms with van der Waals surface area (Å²) >= 11 is 0. The standard InChI is InChI=1S/C28H51O3/c1-3-4-5-8-14-19-27(24-30)21-16-11-7-12-17-22-28(25-31)20-15-10-6-9-13-18-26(2)23-29/h23-28H,2-22H2,1H3. The minimum absolute atomic E-state index is 0.0498. The monoisotopic (exact) mass is 435 g/mol. The summed E-state index contributed by atoms with van der Waals surface area (Å²) in [4.78, 5) is 33.1. The molecule has 3 unspecified atom stereocenters. The molecule has 0 saturated carbocycles. The molecule has 0 N–H and O–H groups in total. The number of rotatable bonds is 25. The molecule has 31 heavy (non-hydrogen) atoms. The molecule has 0 spiro atoms. The molecule has 0 amide bonds. The molecule has 3 heteroatoms. The number of aldehydes is 3. The lowest BCUT2D eigenvalue weighted by Crippen LogP contribution is -2.03. The fraction of sp³-hybridized carbons (Fsp3) is 0.857. The first-order chi connectivity index (χ1) is 15.2. The minimum atomic E-state index is -0.0498. The van der Waals surface area contributed by atoms with E-state index in [4.69, 9.17) is 0 Å².